The third kappa shape index (κ3) is 7.82. The van der Waals surface area contributed by atoms with Gasteiger partial charge >= 0.3 is 6.18 Å². The van der Waals surface area contributed by atoms with Crippen LogP contribution in [-0.2, 0) is 11.0 Å². The van der Waals surface area contributed by atoms with E-state index in [2.05, 4.69) is 68.5 Å². The number of hydrazine groups is 2. The Kier molecular flexibility index (Phi) is 9.66. The van der Waals surface area contributed by atoms with E-state index < -0.39 is 35.2 Å². The Morgan fingerprint density at radius 2 is 1.71 bits per heavy atom. The summed E-state index contributed by atoms with van der Waals surface area (Å²) in [5.41, 5.74) is 6.53. The molecule has 260 valence electrons. The number of aliphatic imine (C=N–C) groups is 1. The first-order valence-corrected chi connectivity index (χ1v) is 16.4. The van der Waals surface area contributed by atoms with Crippen molar-refractivity contribution in [3.8, 4) is 0 Å². The first kappa shape index (κ1) is 35.3. The number of nitrogens with one attached hydrogen (secondary N) is 4. The normalized spacial score (nSPS) is 22.2. The molecule has 0 bridgehead atoms. The van der Waals surface area contributed by atoms with Crippen LogP contribution in [0.4, 0.5) is 17.6 Å². The molecule has 3 aliphatic rings. The van der Waals surface area contributed by atoms with Crippen molar-refractivity contribution in [1.29, 1.82) is 0 Å². The maximum atomic E-state index is 14.6. The molecule has 2 aromatic carbocycles. The zero-order valence-electron chi connectivity index (χ0n) is 28.3. The molecule has 0 radical (unpaired) electrons. The van der Waals surface area contributed by atoms with E-state index in [1.807, 2.05) is 12.1 Å². The van der Waals surface area contributed by atoms with Crippen molar-refractivity contribution in [2.75, 3.05) is 6.54 Å². The zero-order valence-corrected chi connectivity index (χ0v) is 28.3. The standard InChI is InChI=1S/C35H45F4N7O2/c1-32(2,3)14-13-27(21-7-9-22(10-8-21)30(47)40-20-28-42-44-45-43-28)46-31(48)29(23-17-25(35(37,38)39)19-26(36)18-23)41-34(46)15-11-24(12-16-34)33(4,5)6/h7-10,17-19,24,27,44-45H,11-16,20H2,1-6H3,(H,40,47)(H,42,43)/t24?,27-,34?/m1/s1. The minimum atomic E-state index is -4.79. The molecule has 0 aromatic heterocycles. The maximum Gasteiger partial charge on any atom is 0.416 e. The number of benzene rings is 2. The van der Waals surface area contributed by atoms with E-state index in [1.54, 1.807) is 17.0 Å². The Morgan fingerprint density at radius 1 is 1.04 bits per heavy atom. The van der Waals surface area contributed by atoms with Gasteiger partial charge in [0.05, 0.1) is 18.2 Å². The van der Waals surface area contributed by atoms with Crippen molar-refractivity contribution in [3.05, 3.63) is 70.5 Å². The highest BCUT2D eigenvalue weighted by atomic mass is 19.4. The molecule has 1 atom stereocenters. The molecular formula is C35H45F4N7O2. The molecule has 0 unspecified atom stereocenters. The maximum absolute atomic E-state index is 14.6. The third-order valence-corrected chi connectivity index (χ3v) is 9.61. The number of nitrogens with zero attached hydrogens (tertiary/aromatic N) is 3. The van der Waals surface area contributed by atoms with Crippen LogP contribution >= 0.6 is 0 Å². The average Bonchev–Trinajstić information content (AvgIpc) is 3.62. The lowest BCUT2D eigenvalue weighted by atomic mass is 9.69. The predicted octanol–water partition coefficient (Wildman–Crippen LogP) is 6.63. The summed E-state index contributed by atoms with van der Waals surface area (Å²) < 4.78 is 55.9. The van der Waals surface area contributed by atoms with Crippen molar-refractivity contribution in [3.63, 3.8) is 0 Å². The fourth-order valence-electron chi connectivity index (χ4n) is 6.87. The number of carbonyl (C=O) groups is 2. The molecule has 48 heavy (non-hydrogen) atoms. The van der Waals surface area contributed by atoms with Crippen LogP contribution < -0.4 is 21.8 Å². The van der Waals surface area contributed by atoms with Gasteiger partial charge in [-0.2, -0.15) is 13.2 Å². The number of halogens is 4. The van der Waals surface area contributed by atoms with E-state index in [0.717, 1.165) is 37.0 Å². The molecule has 2 aliphatic heterocycles. The average molecular weight is 672 g/mol. The number of amidine groups is 1. The van der Waals surface area contributed by atoms with Crippen molar-refractivity contribution in [2.24, 2.45) is 26.8 Å². The van der Waals surface area contributed by atoms with E-state index >= 15 is 0 Å². The third-order valence-electron chi connectivity index (χ3n) is 9.61. The van der Waals surface area contributed by atoms with Crippen molar-refractivity contribution in [1.82, 2.24) is 26.7 Å². The fourth-order valence-corrected chi connectivity index (χ4v) is 6.87. The van der Waals surface area contributed by atoms with Crippen molar-refractivity contribution < 1.29 is 27.2 Å². The van der Waals surface area contributed by atoms with E-state index in [4.69, 9.17) is 4.99 Å². The van der Waals surface area contributed by atoms with Gasteiger partial charge in [-0.3, -0.25) is 20.0 Å². The van der Waals surface area contributed by atoms with Crippen LogP contribution in [-0.4, -0.2) is 40.5 Å². The first-order chi connectivity index (χ1) is 22.4. The highest BCUT2D eigenvalue weighted by Crippen LogP contribution is 2.50. The Hall–Kier alpha value is -4.00. The van der Waals surface area contributed by atoms with Gasteiger partial charge in [-0.15, -0.1) is 10.6 Å². The summed E-state index contributed by atoms with van der Waals surface area (Å²) in [5, 5.41) is 6.74. The van der Waals surface area contributed by atoms with Crippen LogP contribution in [0.15, 0.2) is 52.6 Å². The Labute approximate surface area is 279 Å². The highest BCUT2D eigenvalue weighted by molar-refractivity contribution is 6.46. The van der Waals surface area contributed by atoms with Crippen LogP contribution in [0.1, 0.15) is 113 Å². The van der Waals surface area contributed by atoms with Gasteiger partial charge in [-0.05, 0) is 91.2 Å². The fraction of sp³-hybridized carbons (Fsp3) is 0.543. The summed E-state index contributed by atoms with van der Waals surface area (Å²) in [4.78, 5) is 34.2. The molecule has 5 rings (SSSR count). The molecule has 9 nitrogen and oxygen atoms in total. The number of hydrazone groups is 1. The van der Waals surface area contributed by atoms with Crippen molar-refractivity contribution >= 4 is 23.4 Å². The van der Waals surface area contributed by atoms with Crippen LogP contribution in [0.25, 0.3) is 0 Å². The van der Waals surface area contributed by atoms with Crippen LogP contribution in [0.5, 0.6) is 0 Å². The van der Waals surface area contributed by atoms with Crippen LogP contribution in [0.3, 0.4) is 0 Å². The Balaban J connectivity index is 1.53. The molecule has 2 aromatic rings. The van der Waals surface area contributed by atoms with E-state index in [-0.39, 0.29) is 34.6 Å². The van der Waals surface area contributed by atoms with Gasteiger partial charge in [0.25, 0.3) is 11.8 Å². The molecule has 4 N–H and O–H groups in total. The first-order valence-electron chi connectivity index (χ1n) is 16.4. The summed E-state index contributed by atoms with van der Waals surface area (Å²) in [6, 6.07) is 8.74. The minimum Gasteiger partial charge on any atom is -0.345 e. The largest absolute Gasteiger partial charge is 0.416 e. The molecular weight excluding hydrogens is 626 g/mol. The molecule has 1 spiro atoms. The van der Waals surface area contributed by atoms with Crippen molar-refractivity contribution in [2.45, 2.75) is 97.9 Å². The lowest BCUT2D eigenvalue weighted by Crippen LogP contribution is -2.51. The Bertz CT molecular complexity index is 1580. The number of hydrogen-bond acceptors (Lipinski definition) is 7. The van der Waals surface area contributed by atoms with Crippen LogP contribution in [0.2, 0.25) is 0 Å². The number of carbonyl (C=O) groups excluding carboxylic acids is 2. The molecule has 1 aliphatic carbocycles. The number of rotatable bonds is 8. The predicted molar refractivity (Wildman–Crippen MR) is 176 cm³/mol. The monoisotopic (exact) mass is 671 g/mol. The summed E-state index contributed by atoms with van der Waals surface area (Å²) in [6.07, 6.45) is -0.904. The summed E-state index contributed by atoms with van der Waals surface area (Å²) >= 11 is 0. The van der Waals surface area contributed by atoms with Gasteiger partial charge in [0.1, 0.15) is 17.2 Å². The van der Waals surface area contributed by atoms with Gasteiger partial charge in [0.2, 0.25) is 0 Å². The quantitative estimate of drug-likeness (QED) is 0.236. The van der Waals surface area contributed by atoms with Gasteiger partial charge in [0.15, 0.2) is 5.84 Å². The lowest BCUT2D eigenvalue weighted by molar-refractivity contribution is -0.138. The highest BCUT2D eigenvalue weighted by Gasteiger charge is 2.53. The SMILES string of the molecule is CC(C)(C)CC[C@H](c1ccc(C(=O)NCC2=NNNN2)cc1)N1C(=O)C(c2cc(F)cc(C(F)(F)F)c2)=NC12CCC(C(C)(C)C)CC2. The second-order valence-corrected chi connectivity index (χ2v) is 15.3. The van der Waals surface area contributed by atoms with E-state index in [1.165, 1.54) is 0 Å². The number of hydrogen-bond donors (Lipinski definition) is 4. The lowest BCUT2D eigenvalue weighted by Gasteiger charge is -2.47. The van der Waals surface area contributed by atoms with E-state index in [0.29, 0.717) is 42.6 Å². The van der Waals surface area contributed by atoms with E-state index in [9.17, 15) is 27.2 Å². The zero-order chi connectivity index (χ0) is 35.1. The van der Waals surface area contributed by atoms with Gasteiger partial charge < -0.3 is 10.2 Å². The summed E-state index contributed by atoms with van der Waals surface area (Å²) in [5.74, 6) is -1.03. The molecule has 2 heterocycles. The number of alkyl halides is 3. The minimum absolute atomic E-state index is 0.0290. The van der Waals surface area contributed by atoms with Gasteiger partial charge in [-0.1, -0.05) is 53.7 Å². The molecule has 1 saturated carbocycles. The van der Waals surface area contributed by atoms with Gasteiger partial charge in [-0.25, -0.2) is 9.93 Å². The smallest absolute Gasteiger partial charge is 0.345 e. The topological polar surface area (TPSA) is 110 Å². The molecule has 13 heteroatoms. The molecule has 1 fully saturated rings. The number of amides is 2. The molecule has 0 saturated heterocycles. The summed E-state index contributed by atoms with van der Waals surface area (Å²) in [7, 11) is 0. The van der Waals surface area contributed by atoms with Crippen LogP contribution in [0, 0.1) is 22.6 Å². The van der Waals surface area contributed by atoms with Gasteiger partial charge in [0, 0.05) is 11.1 Å². The molecule has 2 amide bonds. The Morgan fingerprint density at radius 3 is 2.27 bits per heavy atom. The second kappa shape index (κ2) is 13.1. The summed E-state index contributed by atoms with van der Waals surface area (Å²) in [6.45, 7) is 13.0. The second-order valence-electron chi connectivity index (χ2n) is 15.3.